The second-order valence-electron chi connectivity index (χ2n) is 7.25. The van der Waals surface area contributed by atoms with E-state index in [1.807, 2.05) is 20.8 Å². The molecule has 0 spiro atoms. The van der Waals surface area contributed by atoms with Crippen molar-refractivity contribution in [3.8, 4) is 0 Å². The van der Waals surface area contributed by atoms with Crippen LogP contribution in [0.1, 0.15) is 31.9 Å². The summed E-state index contributed by atoms with van der Waals surface area (Å²) in [5.41, 5.74) is 1.16. The van der Waals surface area contributed by atoms with Crippen molar-refractivity contribution in [2.45, 2.75) is 37.6 Å². The zero-order valence-corrected chi connectivity index (χ0v) is 21.0. The van der Waals surface area contributed by atoms with Crippen molar-refractivity contribution in [3.05, 3.63) is 64.4 Å². The van der Waals surface area contributed by atoms with Crippen LogP contribution in [0, 0.1) is 5.82 Å². The lowest BCUT2D eigenvalue weighted by molar-refractivity contribution is 0.507. The summed E-state index contributed by atoms with van der Waals surface area (Å²) in [5, 5.41) is 12.0. The third-order valence-corrected chi connectivity index (χ3v) is 5.57. The molecule has 2 aromatic carbocycles. The summed E-state index contributed by atoms with van der Waals surface area (Å²) in [5.74, 6) is 0.193. The lowest BCUT2D eigenvalue weighted by Crippen LogP contribution is -2.43. The Balaban J connectivity index is 0.00000450. The largest absolute Gasteiger partial charge is 0.357 e. The number of nitrogens with zero attached hydrogens (tertiary/aromatic N) is 1. The maximum absolute atomic E-state index is 13.3. The van der Waals surface area contributed by atoms with E-state index in [1.165, 1.54) is 24.3 Å². The van der Waals surface area contributed by atoms with E-state index in [1.54, 1.807) is 18.2 Å². The second kappa shape index (κ2) is 11.3. The van der Waals surface area contributed by atoms with Crippen LogP contribution in [0.4, 0.5) is 4.39 Å². The van der Waals surface area contributed by atoms with Gasteiger partial charge < -0.3 is 10.6 Å². The number of halogens is 3. The van der Waals surface area contributed by atoms with Crippen LogP contribution < -0.4 is 15.8 Å². The van der Waals surface area contributed by atoms with Crippen molar-refractivity contribution in [1.29, 1.82) is 0 Å². The number of guanidine groups is 1. The summed E-state index contributed by atoms with van der Waals surface area (Å²) in [6, 6.07) is 10.7. The number of nitrogens with two attached hydrogens (primary N) is 1. The molecule has 30 heavy (non-hydrogen) atoms. The van der Waals surface area contributed by atoms with Crippen molar-refractivity contribution in [1.82, 2.24) is 10.6 Å². The second-order valence-corrected chi connectivity index (χ2v) is 9.22. The summed E-state index contributed by atoms with van der Waals surface area (Å²) in [4.78, 5) is 4.56. The molecule has 2 aromatic rings. The van der Waals surface area contributed by atoms with Crippen LogP contribution in [0.25, 0.3) is 0 Å². The van der Waals surface area contributed by atoms with E-state index in [9.17, 15) is 12.8 Å². The molecule has 2 rings (SSSR count). The van der Waals surface area contributed by atoms with Crippen LogP contribution in [-0.2, 0) is 22.0 Å². The van der Waals surface area contributed by atoms with Gasteiger partial charge in [-0.25, -0.2) is 22.9 Å². The van der Waals surface area contributed by atoms with Crippen LogP contribution >= 0.6 is 35.6 Å². The number of hydrogen-bond donors (Lipinski definition) is 3. The minimum absolute atomic E-state index is 0. The smallest absolute Gasteiger partial charge is 0.238 e. The van der Waals surface area contributed by atoms with Crippen molar-refractivity contribution in [2.24, 2.45) is 10.1 Å². The van der Waals surface area contributed by atoms with Crippen LogP contribution in [0.5, 0.6) is 0 Å². The van der Waals surface area contributed by atoms with Gasteiger partial charge in [-0.15, -0.1) is 24.0 Å². The molecule has 0 radical (unpaired) electrons. The standard InChI is InChI=1S/C20H26ClFN4O2S.HI/c1-4-24-19(25-12-14-6-5-7-16(10-14)29(23,27)28)26-13-20(2,3)17-9-8-15(22)11-18(17)21;/h5-11H,4,12-13H2,1-3H3,(H2,23,27,28)(H2,24,25,26);1H. The van der Waals surface area contributed by atoms with Gasteiger partial charge >= 0.3 is 0 Å². The Hall–Kier alpha value is -1.43. The van der Waals surface area contributed by atoms with Gasteiger partial charge in [0.2, 0.25) is 10.0 Å². The van der Waals surface area contributed by atoms with Crippen molar-refractivity contribution < 1.29 is 12.8 Å². The van der Waals surface area contributed by atoms with E-state index < -0.39 is 10.0 Å². The Kier molecular flexibility index (Phi) is 9.99. The normalized spacial score (nSPS) is 12.3. The van der Waals surface area contributed by atoms with Crippen molar-refractivity contribution >= 4 is 51.6 Å². The van der Waals surface area contributed by atoms with Gasteiger partial charge in [-0.2, -0.15) is 0 Å². The van der Waals surface area contributed by atoms with E-state index in [-0.39, 0.29) is 46.6 Å². The van der Waals surface area contributed by atoms with Gasteiger partial charge in [0.05, 0.1) is 11.4 Å². The first-order valence-corrected chi connectivity index (χ1v) is 11.0. The highest BCUT2D eigenvalue weighted by molar-refractivity contribution is 14.0. The van der Waals surface area contributed by atoms with Gasteiger partial charge in [-0.1, -0.05) is 43.6 Å². The minimum Gasteiger partial charge on any atom is -0.357 e. The van der Waals surface area contributed by atoms with Crippen molar-refractivity contribution in [3.63, 3.8) is 0 Å². The Morgan fingerprint density at radius 2 is 1.90 bits per heavy atom. The first-order chi connectivity index (χ1) is 13.5. The highest BCUT2D eigenvalue weighted by atomic mass is 127. The molecule has 0 atom stereocenters. The minimum atomic E-state index is -3.76. The molecular formula is C20H27ClFIN4O2S. The molecule has 0 fully saturated rings. The Morgan fingerprint density at radius 3 is 2.50 bits per heavy atom. The topological polar surface area (TPSA) is 96.6 Å². The Morgan fingerprint density at radius 1 is 1.20 bits per heavy atom. The number of aliphatic imine (C=N–C) groups is 1. The lowest BCUT2D eigenvalue weighted by Gasteiger charge is -2.27. The molecule has 10 heteroatoms. The fourth-order valence-corrected chi connectivity index (χ4v) is 3.78. The molecule has 0 heterocycles. The van der Waals surface area contributed by atoms with Gasteiger partial charge in [0.25, 0.3) is 0 Å². The van der Waals surface area contributed by atoms with E-state index in [0.717, 1.165) is 11.1 Å². The van der Waals surface area contributed by atoms with Crippen molar-refractivity contribution in [2.75, 3.05) is 13.1 Å². The highest BCUT2D eigenvalue weighted by Crippen LogP contribution is 2.29. The maximum Gasteiger partial charge on any atom is 0.238 e. The van der Waals surface area contributed by atoms with Crippen LogP contribution in [0.15, 0.2) is 52.4 Å². The summed E-state index contributed by atoms with van der Waals surface area (Å²) in [7, 11) is -3.76. The molecule has 0 saturated heterocycles. The Bertz CT molecular complexity index is 1000. The molecular weight excluding hydrogens is 542 g/mol. The molecule has 0 bridgehead atoms. The number of benzene rings is 2. The molecule has 6 nitrogen and oxygen atoms in total. The van der Waals surface area contributed by atoms with E-state index in [0.29, 0.717) is 24.1 Å². The average molecular weight is 569 g/mol. The van der Waals surface area contributed by atoms with Gasteiger partial charge in [0, 0.05) is 23.5 Å². The molecule has 166 valence electrons. The molecule has 0 aromatic heterocycles. The van der Waals surface area contributed by atoms with E-state index in [2.05, 4.69) is 15.6 Å². The summed E-state index contributed by atoms with van der Waals surface area (Å²) in [6.07, 6.45) is 0. The number of sulfonamides is 1. The third kappa shape index (κ3) is 7.68. The number of primary sulfonamides is 1. The predicted octanol–water partition coefficient (Wildman–Crippen LogP) is 3.78. The lowest BCUT2D eigenvalue weighted by atomic mass is 9.84. The van der Waals surface area contributed by atoms with Crippen LogP contribution in [-0.4, -0.2) is 27.5 Å². The average Bonchev–Trinajstić information content (AvgIpc) is 2.63. The molecule has 0 aliphatic heterocycles. The quantitative estimate of drug-likeness (QED) is 0.269. The zero-order valence-electron chi connectivity index (χ0n) is 17.1. The van der Waals surface area contributed by atoms with Gasteiger partial charge in [-0.05, 0) is 42.3 Å². The van der Waals surface area contributed by atoms with E-state index >= 15 is 0 Å². The first-order valence-electron chi connectivity index (χ1n) is 9.12. The van der Waals surface area contributed by atoms with Crippen LogP contribution in [0.2, 0.25) is 5.02 Å². The molecule has 0 saturated carbocycles. The monoisotopic (exact) mass is 568 g/mol. The molecule has 0 unspecified atom stereocenters. The fourth-order valence-electron chi connectivity index (χ4n) is 2.77. The maximum atomic E-state index is 13.3. The number of nitrogens with one attached hydrogen (secondary N) is 2. The molecule has 0 aliphatic rings. The fraction of sp³-hybridized carbons (Fsp3) is 0.350. The van der Waals surface area contributed by atoms with Gasteiger partial charge in [-0.3, -0.25) is 0 Å². The molecule has 4 N–H and O–H groups in total. The SMILES string of the molecule is CCNC(=NCc1cccc(S(N)(=O)=O)c1)NCC(C)(C)c1ccc(F)cc1Cl.I. The van der Waals surface area contributed by atoms with Gasteiger partial charge in [0.15, 0.2) is 5.96 Å². The predicted molar refractivity (Wildman–Crippen MR) is 130 cm³/mol. The summed E-state index contributed by atoms with van der Waals surface area (Å²) >= 11 is 6.21. The Labute approximate surface area is 199 Å². The zero-order chi connectivity index (χ0) is 21.7. The highest BCUT2D eigenvalue weighted by Gasteiger charge is 2.24. The molecule has 0 amide bonds. The number of hydrogen-bond acceptors (Lipinski definition) is 3. The third-order valence-electron chi connectivity index (χ3n) is 4.35. The first kappa shape index (κ1) is 26.6. The van der Waals surface area contributed by atoms with E-state index in [4.69, 9.17) is 16.7 Å². The summed E-state index contributed by atoms with van der Waals surface area (Å²) < 4.78 is 36.3. The van der Waals surface area contributed by atoms with Crippen LogP contribution in [0.3, 0.4) is 0 Å². The molecule has 0 aliphatic carbocycles. The number of rotatable bonds is 7. The summed E-state index contributed by atoms with van der Waals surface area (Å²) in [6.45, 7) is 7.37. The van der Waals surface area contributed by atoms with Gasteiger partial charge in [0.1, 0.15) is 5.82 Å².